The molecule has 0 heterocycles. The average molecular weight is 311 g/mol. The Morgan fingerprint density at radius 3 is 2.70 bits per heavy atom. The molecule has 3 rings (SSSR count). The van der Waals surface area contributed by atoms with Crippen molar-refractivity contribution in [2.24, 2.45) is 5.92 Å². The lowest BCUT2D eigenvalue weighted by Gasteiger charge is -2.15. The summed E-state index contributed by atoms with van der Waals surface area (Å²) in [7, 11) is 0. The van der Waals surface area contributed by atoms with Crippen molar-refractivity contribution in [2.75, 3.05) is 6.54 Å². The summed E-state index contributed by atoms with van der Waals surface area (Å²) in [4.78, 5) is 11.9. The Hall–Kier alpha value is -1.87. The van der Waals surface area contributed by atoms with Crippen LogP contribution in [0.3, 0.4) is 0 Å². The molecule has 0 aliphatic heterocycles. The van der Waals surface area contributed by atoms with Gasteiger partial charge in [-0.3, -0.25) is 4.79 Å². The van der Waals surface area contributed by atoms with Crippen LogP contribution in [0.2, 0.25) is 0 Å². The van der Waals surface area contributed by atoms with Crippen LogP contribution in [-0.2, 0) is 4.79 Å². The van der Waals surface area contributed by atoms with Crippen LogP contribution in [0.4, 0.5) is 0 Å². The topological polar surface area (TPSA) is 49.3 Å². The number of amides is 1. The van der Waals surface area contributed by atoms with E-state index in [4.69, 9.17) is 0 Å². The predicted molar refractivity (Wildman–Crippen MR) is 93.1 cm³/mol. The van der Waals surface area contributed by atoms with Crippen molar-refractivity contribution in [3.05, 3.63) is 48.0 Å². The first-order valence-corrected chi connectivity index (χ1v) is 8.66. The summed E-state index contributed by atoms with van der Waals surface area (Å²) in [6.45, 7) is 0.524. The minimum Gasteiger partial charge on any atom is -0.388 e. The fraction of sp³-hybridized carbons (Fsp3) is 0.450. The first-order valence-electron chi connectivity index (χ1n) is 8.66. The number of carbonyl (C=O) groups excluding carboxylic acids is 1. The van der Waals surface area contributed by atoms with Gasteiger partial charge in [0, 0.05) is 13.0 Å². The zero-order valence-corrected chi connectivity index (χ0v) is 13.5. The lowest BCUT2D eigenvalue weighted by Crippen LogP contribution is -2.27. The monoisotopic (exact) mass is 311 g/mol. The maximum absolute atomic E-state index is 11.9. The molecule has 0 bridgehead atoms. The molecule has 3 nitrogen and oxygen atoms in total. The number of fused-ring (bicyclic) bond motifs is 1. The van der Waals surface area contributed by atoms with Crippen LogP contribution in [0.1, 0.15) is 50.2 Å². The summed E-state index contributed by atoms with van der Waals surface area (Å²) in [6, 6.07) is 14.1. The van der Waals surface area contributed by atoms with E-state index >= 15 is 0 Å². The van der Waals surface area contributed by atoms with Gasteiger partial charge >= 0.3 is 0 Å². The Morgan fingerprint density at radius 1 is 1.13 bits per heavy atom. The molecule has 3 heteroatoms. The molecular formula is C20H25NO2. The molecule has 1 amide bonds. The summed E-state index contributed by atoms with van der Waals surface area (Å²) >= 11 is 0. The highest BCUT2D eigenvalue weighted by molar-refractivity contribution is 5.86. The number of hydrogen-bond acceptors (Lipinski definition) is 2. The Morgan fingerprint density at radius 2 is 1.87 bits per heavy atom. The molecule has 1 saturated carbocycles. The Balaban J connectivity index is 1.52. The summed E-state index contributed by atoms with van der Waals surface area (Å²) in [5.41, 5.74) is 0.938. The Labute approximate surface area is 137 Å². The Bertz CT molecular complexity index is 656. The van der Waals surface area contributed by atoms with E-state index in [-0.39, 0.29) is 5.91 Å². The zero-order valence-electron chi connectivity index (χ0n) is 13.5. The minimum absolute atomic E-state index is 0.127. The van der Waals surface area contributed by atoms with Crippen molar-refractivity contribution in [2.45, 2.75) is 44.6 Å². The van der Waals surface area contributed by atoms with Gasteiger partial charge < -0.3 is 10.4 Å². The van der Waals surface area contributed by atoms with E-state index in [2.05, 4.69) is 17.4 Å². The van der Waals surface area contributed by atoms with Crippen LogP contribution in [0.15, 0.2) is 42.5 Å². The van der Waals surface area contributed by atoms with Gasteiger partial charge in [-0.25, -0.2) is 0 Å². The number of benzene rings is 2. The lowest BCUT2D eigenvalue weighted by molar-refractivity contribution is -0.122. The third-order valence-corrected chi connectivity index (χ3v) is 4.87. The van der Waals surface area contributed by atoms with Gasteiger partial charge in [0.05, 0.1) is 6.10 Å². The van der Waals surface area contributed by atoms with E-state index in [9.17, 15) is 9.90 Å². The first-order chi connectivity index (χ1) is 11.2. The van der Waals surface area contributed by atoms with Gasteiger partial charge in [0.25, 0.3) is 0 Å². The number of aliphatic hydroxyl groups excluding tert-OH is 1. The van der Waals surface area contributed by atoms with Crippen molar-refractivity contribution in [1.29, 1.82) is 0 Å². The molecule has 1 atom stereocenters. The van der Waals surface area contributed by atoms with E-state index < -0.39 is 6.10 Å². The fourth-order valence-corrected chi connectivity index (χ4v) is 3.59. The molecule has 2 N–H and O–H groups in total. The standard InChI is InChI=1S/C20H25NO2/c22-19(12-13-21-20(23)14-15-6-1-2-7-15)18-11-5-9-16-8-3-4-10-17(16)18/h3-5,8-11,15,19,22H,1-2,6-7,12-14H2,(H,21,23). The van der Waals surface area contributed by atoms with Gasteiger partial charge in [0.15, 0.2) is 0 Å². The lowest BCUT2D eigenvalue weighted by atomic mass is 9.98. The van der Waals surface area contributed by atoms with E-state index in [1.165, 1.54) is 25.7 Å². The van der Waals surface area contributed by atoms with Gasteiger partial charge in [0.2, 0.25) is 5.91 Å². The van der Waals surface area contributed by atoms with Gasteiger partial charge in [-0.05, 0) is 41.5 Å². The van der Waals surface area contributed by atoms with E-state index in [1.807, 2.05) is 30.3 Å². The van der Waals surface area contributed by atoms with E-state index in [1.54, 1.807) is 0 Å². The summed E-state index contributed by atoms with van der Waals surface area (Å²) in [5.74, 6) is 0.694. The van der Waals surface area contributed by atoms with Gasteiger partial charge in [0.1, 0.15) is 0 Å². The molecule has 0 saturated heterocycles. The maximum Gasteiger partial charge on any atom is 0.220 e. The minimum atomic E-state index is -0.548. The highest BCUT2D eigenvalue weighted by Crippen LogP contribution is 2.28. The molecule has 0 spiro atoms. The molecular weight excluding hydrogens is 286 g/mol. The number of nitrogens with one attached hydrogen (secondary N) is 1. The molecule has 2 aromatic rings. The molecule has 0 aromatic heterocycles. The number of carbonyl (C=O) groups is 1. The van der Waals surface area contributed by atoms with Gasteiger partial charge in [-0.1, -0.05) is 55.3 Å². The highest BCUT2D eigenvalue weighted by atomic mass is 16.3. The zero-order chi connectivity index (χ0) is 16.1. The molecule has 1 aliphatic rings. The van der Waals surface area contributed by atoms with Crippen LogP contribution in [-0.4, -0.2) is 17.6 Å². The van der Waals surface area contributed by atoms with Crippen LogP contribution in [0.5, 0.6) is 0 Å². The summed E-state index contributed by atoms with van der Waals surface area (Å²) in [6.07, 6.45) is 5.54. The maximum atomic E-state index is 11.9. The van der Waals surface area contributed by atoms with E-state index in [0.29, 0.717) is 25.3 Å². The second kappa shape index (κ2) is 7.60. The van der Waals surface area contributed by atoms with Gasteiger partial charge in [-0.15, -0.1) is 0 Å². The normalized spacial score (nSPS) is 16.6. The van der Waals surface area contributed by atoms with Crippen molar-refractivity contribution in [3.8, 4) is 0 Å². The number of rotatable bonds is 6. The smallest absolute Gasteiger partial charge is 0.220 e. The molecule has 1 aliphatic carbocycles. The number of hydrogen-bond donors (Lipinski definition) is 2. The summed E-state index contributed by atoms with van der Waals surface area (Å²) in [5, 5.41) is 15.6. The van der Waals surface area contributed by atoms with Gasteiger partial charge in [-0.2, -0.15) is 0 Å². The van der Waals surface area contributed by atoms with Crippen molar-refractivity contribution in [1.82, 2.24) is 5.32 Å². The van der Waals surface area contributed by atoms with Crippen LogP contribution in [0.25, 0.3) is 10.8 Å². The first kappa shape index (κ1) is 16.0. The van der Waals surface area contributed by atoms with E-state index in [0.717, 1.165) is 16.3 Å². The molecule has 122 valence electrons. The molecule has 2 aromatic carbocycles. The average Bonchev–Trinajstić information content (AvgIpc) is 3.07. The SMILES string of the molecule is O=C(CC1CCCC1)NCCC(O)c1cccc2ccccc12. The van der Waals surface area contributed by atoms with Crippen molar-refractivity contribution >= 4 is 16.7 Å². The third-order valence-electron chi connectivity index (χ3n) is 4.87. The molecule has 1 fully saturated rings. The number of aliphatic hydroxyl groups is 1. The van der Waals surface area contributed by atoms with Crippen LogP contribution in [0, 0.1) is 5.92 Å². The second-order valence-electron chi connectivity index (χ2n) is 6.58. The second-order valence-corrected chi connectivity index (χ2v) is 6.58. The highest BCUT2D eigenvalue weighted by Gasteiger charge is 2.18. The Kier molecular flexibility index (Phi) is 5.29. The molecule has 23 heavy (non-hydrogen) atoms. The van der Waals surface area contributed by atoms with Crippen LogP contribution >= 0.6 is 0 Å². The largest absolute Gasteiger partial charge is 0.388 e. The quantitative estimate of drug-likeness (QED) is 0.848. The van der Waals surface area contributed by atoms with Crippen molar-refractivity contribution in [3.63, 3.8) is 0 Å². The summed E-state index contributed by atoms with van der Waals surface area (Å²) < 4.78 is 0. The van der Waals surface area contributed by atoms with Crippen LogP contribution < -0.4 is 5.32 Å². The van der Waals surface area contributed by atoms with Crippen molar-refractivity contribution < 1.29 is 9.90 Å². The fourth-order valence-electron chi connectivity index (χ4n) is 3.59. The predicted octanol–water partition coefficient (Wildman–Crippen LogP) is 3.96. The molecule has 0 radical (unpaired) electrons. The molecule has 1 unspecified atom stereocenters. The third kappa shape index (κ3) is 4.11.